The lowest BCUT2D eigenvalue weighted by molar-refractivity contribution is 0.0699. The van der Waals surface area contributed by atoms with Gasteiger partial charge < -0.3 is 32.3 Å². The zero-order valence-electron chi connectivity index (χ0n) is 20.7. The van der Waals surface area contributed by atoms with E-state index in [1.807, 2.05) is 41.5 Å². The first-order chi connectivity index (χ1) is 14.3. The Morgan fingerprint density at radius 3 is 1.00 bits per heavy atom. The van der Waals surface area contributed by atoms with E-state index in [1.165, 1.54) is 0 Å². The van der Waals surface area contributed by atoms with Gasteiger partial charge >= 0.3 is 17.6 Å². The highest BCUT2D eigenvalue weighted by Gasteiger charge is 2.42. The van der Waals surface area contributed by atoms with Gasteiger partial charge in [-0.1, -0.05) is 6.92 Å². The SMILES string of the molecule is CCO[Si](CCCC(N)(CC)CCC[Si](OCC)(OCC)OCC)(OCC)OCC. The standard InChI is InChI=1S/C21H49NO6Si2/c1-8-21(22,17-15-19-29(23-9-2,24-10-3)25-11-4)18-16-20-30(26-12-5,27-13-6)28-14-7/h8-20,22H2,1-7H3. The van der Waals surface area contributed by atoms with E-state index in [0.29, 0.717) is 39.6 Å². The molecule has 0 saturated heterocycles. The van der Waals surface area contributed by atoms with Crippen molar-refractivity contribution in [2.45, 2.75) is 98.2 Å². The molecule has 0 aromatic rings. The van der Waals surface area contributed by atoms with Gasteiger partial charge in [0.05, 0.1) is 0 Å². The summed E-state index contributed by atoms with van der Waals surface area (Å²) >= 11 is 0. The zero-order valence-corrected chi connectivity index (χ0v) is 22.7. The minimum atomic E-state index is -2.61. The minimum Gasteiger partial charge on any atom is -0.374 e. The molecule has 7 nitrogen and oxygen atoms in total. The highest BCUT2D eigenvalue weighted by Crippen LogP contribution is 2.28. The van der Waals surface area contributed by atoms with Crippen molar-refractivity contribution in [3.8, 4) is 0 Å². The van der Waals surface area contributed by atoms with Gasteiger partial charge in [0, 0.05) is 57.3 Å². The van der Waals surface area contributed by atoms with Crippen LogP contribution in [0.1, 0.15) is 80.6 Å². The Morgan fingerprint density at radius 1 is 0.533 bits per heavy atom. The molecule has 9 heteroatoms. The number of nitrogens with two attached hydrogens (primary N) is 1. The summed E-state index contributed by atoms with van der Waals surface area (Å²) in [6.07, 6.45) is 4.62. The molecule has 0 heterocycles. The summed E-state index contributed by atoms with van der Waals surface area (Å²) in [4.78, 5) is 0. The molecular weight excluding hydrogens is 418 g/mol. The monoisotopic (exact) mass is 467 g/mol. The van der Waals surface area contributed by atoms with Crippen LogP contribution in [0.4, 0.5) is 0 Å². The van der Waals surface area contributed by atoms with Gasteiger partial charge in [0.1, 0.15) is 0 Å². The number of hydrogen-bond donors (Lipinski definition) is 1. The van der Waals surface area contributed by atoms with Crippen LogP contribution in [-0.4, -0.2) is 62.8 Å². The van der Waals surface area contributed by atoms with Gasteiger partial charge in [-0.2, -0.15) is 0 Å². The lowest BCUT2D eigenvalue weighted by atomic mass is 9.87. The highest BCUT2D eigenvalue weighted by atomic mass is 28.4. The van der Waals surface area contributed by atoms with E-state index in [1.54, 1.807) is 0 Å². The van der Waals surface area contributed by atoms with E-state index in [0.717, 1.165) is 44.2 Å². The first-order valence-corrected chi connectivity index (χ1v) is 15.8. The summed E-state index contributed by atoms with van der Waals surface area (Å²) in [7, 11) is -5.22. The fraction of sp³-hybridized carbons (Fsp3) is 1.00. The third-order valence-electron chi connectivity index (χ3n) is 5.20. The largest absolute Gasteiger partial charge is 0.500 e. The quantitative estimate of drug-likeness (QED) is 0.244. The highest BCUT2D eigenvalue weighted by molar-refractivity contribution is 6.61. The predicted octanol–water partition coefficient (Wildman–Crippen LogP) is 4.75. The molecule has 0 spiro atoms. The normalized spacial score (nSPS) is 13.2. The lowest BCUT2D eigenvalue weighted by Crippen LogP contribution is -2.47. The van der Waals surface area contributed by atoms with Crippen LogP contribution in [0.3, 0.4) is 0 Å². The fourth-order valence-corrected chi connectivity index (χ4v) is 9.02. The Hall–Kier alpha value is 0.154. The van der Waals surface area contributed by atoms with Crippen molar-refractivity contribution >= 4 is 17.6 Å². The van der Waals surface area contributed by atoms with Gasteiger partial charge in [-0.25, -0.2) is 0 Å². The van der Waals surface area contributed by atoms with Crippen molar-refractivity contribution in [2.75, 3.05) is 39.6 Å². The van der Waals surface area contributed by atoms with E-state index in [-0.39, 0.29) is 5.54 Å². The van der Waals surface area contributed by atoms with Crippen LogP contribution in [-0.2, 0) is 26.6 Å². The second-order valence-corrected chi connectivity index (χ2v) is 12.9. The van der Waals surface area contributed by atoms with Gasteiger partial charge in [-0.15, -0.1) is 0 Å². The van der Waals surface area contributed by atoms with Crippen molar-refractivity contribution < 1.29 is 26.6 Å². The van der Waals surface area contributed by atoms with Crippen LogP contribution in [0.2, 0.25) is 12.1 Å². The first kappa shape index (κ1) is 30.2. The molecule has 0 aliphatic heterocycles. The van der Waals surface area contributed by atoms with Crippen molar-refractivity contribution in [1.29, 1.82) is 0 Å². The first-order valence-electron chi connectivity index (χ1n) is 12.0. The molecule has 30 heavy (non-hydrogen) atoms. The van der Waals surface area contributed by atoms with Crippen LogP contribution < -0.4 is 5.73 Å². The maximum Gasteiger partial charge on any atom is 0.500 e. The molecule has 0 unspecified atom stereocenters. The van der Waals surface area contributed by atoms with Crippen LogP contribution in [0, 0.1) is 0 Å². The van der Waals surface area contributed by atoms with Crippen molar-refractivity contribution in [3.05, 3.63) is 0 Å². The Labute approximate surface area is 188 Å². The Balaban J connectivity index is 4.87. The van der Waals surface area contributed by atoms with Crippen LogP contribution >= 0.6 is 0 Å². The topological polar surface area (TPSA) is 81.4 Å². The van der Waals surface area contributed by atoms with Crippen molar-refractivity contribution in [1.82, 2.24) is 0 Å². The zero-order chi connectivity index (χ0) is 22.9. The van der Waals surface area contributed by atoms with Gasteiger partial charge in [0.25, 0.3) is 0 Å². The predicted molar refractivity (Wildman–Crippen MR) is 127 cm³/mol. The molecule has 0 aromatic heterocycles. The molecule has 0 atom stereocenters. The summed E-state index contributed by atoms with van der Waals surface area (Å²) < 4.78 is 35.8. The van der Waals surface area contributed by atoms with Crippen LogP contribution in [0.15, 0.2) is 0 Å². The van der Waals surface area contributed by atoms with E-state index in [2.05, 4.69) is 6.92 Å². The summed E-state index contributed by atoms with van der Waals surface area (Å²) in [6, 6.07) is 1.61. The van der Waals surface area contributed by atoms with E-state index >= 15 is 0 Å². The second-order valence-electron chi connectivity index (χ2n) is 7.39. The molecule has 0 rings (SSSR count). The average molecular weight is 468 g/mol. The molecule has 182 valence electrons. The lowest BCUT2D eigenvalue weighted by Gasteiger charge is -2.33. The van der Waals surface area contributed by atoms with Gasteiger partial charge in [0.2, 0.25) is 0 Å². The average Bonchev–Trinajstić information content (AvgIpc) is 2.69. The summed E-state index contributed by atoms with van der Waals surface area (Å²) in [5.74, 6) is 0. The summed E-state index contributed by atoms with van der Waals surface area (Å²) in [6.45, 7) is 17.7. The van der Waals surface area contributed by atoms with Gasteiger partial charge in [-0.05, 0) is 73.6 Å². The summed E-state index contributed by atoms with van der Waals surface area (Å²) in [5, 5.41) is 0. The van der Waals surface area contributed by atoms with Crippen LogP contribution in [0.25, 0.3) is 0 Å². The smallest absolute Gasteiger partial charge is 0.374 e. The molecule has 0 radical (unpaired) electrons. The molecule has 0 saturated carbocycles. The summed E-state index contributed by atoms with van der Waals surface area (Å²) in [5.41, 5.74) is 6.56. The molecule has 2 N–H and O–H groups in total. The molecular formula is C21H49NO6Si2. The second kappa shape index (κ2) is 16.7. The van der Waals surface area contributed by atoms with Crippen molar-refractivity contribution in [3.63, 3.8) is 0 Å². The van der Waals surface area contributed by atoms with Crippen LogP contribution in [0.5, 0.6) is 0 Å². The Morgan fingerprint density at radius 2 is 0.800 bits per heavy atom. The molecule has 0 aliphatic carbocycles. The molecule has 0 aromatic carbocycles. The maximum atomic E-state index is 6.79. The Kier molecular flexibility index (Phi) is 16.8. The number of rotatable bonds is 21. The minimum absolute atomic E-state index is 0.227. The van der Waals surface area contributed by atoms with Gasteiger partial charge in [-0.3, -0.25) is 0 Å². The molecule has 0 bridgehead atoms. The number of hydrogen-bond acceptors (Lipinski definition) is 7. The third kappa shape index (κ3) is 11.1. The molecule has 0 amide bonds. The third-order valence-corrected chi connectivity index (χ3v) is 11.5. The van der Waals surface area contributed by atoms with E-state index in [9.17, 15) is 0 Å². The Bertz CT molecular complexity index is 351. The van der Waals surface area contributed by atoms with Gasteiger partial charge in [0.15, 0.2) is 0 Å². The van der Waals surface area contributed by atoms with Crippen molar-refractivity contribution in [2.24, 2.45) is 5.73 Å². The van der Waals surface area contributed by atoms with E-state index in [4.69, 9.17) is 32.3 Å². The molecule has 0 aliphatic rings. The van der Waals surface area contributed by atoms with E-state index < -0.39 is 17.6 Å². The molecule has 0 fully saturated rings. The maximum absolute atomic E-state index is 6.79. The fourth-order valence-electron chi connectivity index (χ4n) is 3.79.